The summed E-state index contributed by atoms with van der Waals surface area (Å²) in [5, 5.41) is 0. The molecule has 4 heteroatoms. The molecule has 1 radical (unpaired) electrons. The average Bonchev–Trinajstić information content (AvgIpc) is 1.99. The molecule has 0 spiro atoms. The van der Waals surface area contributed by atoms with Crippen molar-refractivity contribution < 1.29 is 78.6 Å². The minimum absolute atomic E-state index is 0. The van der Waals surface area contributed by atoms with Gasteiger partial charge in [0.15, 0.2) is 0 Å². The van der Waals surface area contributed by atoms with Crippen molar-refractivity contribution in [3.8, 4) is 0 Å². The molecule has 0 aromatic heterocycles. The maximum absolute atomic E-state index is 2.30. The first kappa shape index (κ1) is 17.8. The molecule has 0 aromatic carbocycles. The molecule has 1 saturated heterocycles. The van der Waals surface area contributed by atoms with Crippen LogP contribution < -0.4 is 58.2 Å². The molecular formula is C9H18N2RbRe-. The fourth-order valence-electron chi connectivity index (χ4n) is 1.36. The summed E-state index contributed by atoms with van der Waals surface area (Å²) in [4.78, 5) is 4.51. The summed E-state index contributed by atoms with van der Waals surface area (Å²) in [7, 11) is 2.14. The van der Waals surface area contributed by atoms with Gasteiger partial charge in [0.2, 0.25) is 0 Å². The fourth-order valence-corrected chi connectivity index (χ4v) is 1.36. The topological polar surface area (TPSA) is 6.48 Å². The van der Waals surface area contributed by atoms with Gasteiger partial charge in [-0.3, -0.25) is 6.54 Å². The Balaban J connectivity index is 0. The van der Waals surface area contributed by atoms with Crippen LogP contribution in [0.15, 0.2) is 0 Å². The van der Waals surface area contributed by atoms with Crippen molar-refractivity contribution in [2.75, 3.05) is 13.6 Å². The van der Waals surface area contributed by atoms with Crippen LogP contribution >= 0.6 is 0 Å². The van der Waals surface area contributed by atoms with Crippen molar-refractivity contribution in [2.45, 2.75) is 26.8 Å². The van der Waals surface area contributed by atoms with E-state index in [4.69, 9.17) is 0 Å². The SMILES string of the molecule is CCN1[CH-]C(C)C(C)N(C)[CH-]1.[Rb+].[Re]. The summed E-state index contributed by atoms with van der Waals surface area (Å²) < 4.78 is 0. The molecule has 0 aromatic rings. The third kappa shape index (κ3) is 5.31. The summed E-state index contributed by atoms with van der Waals surface area (Å²) >= 11 is 0. The number of rotatable bonds is 1. The maximum Gasteiger partial charge on any atom is 1.00 e. The Bertz CT molecular complexity index is 123. The maximum atomic E-state index is 2.30. The smallest absolute Gasteiger partial charge is 0.593 e. The average molecular weight is 426 g/mol. The van der Waals surface area contributed by atoms with Crippen LogP contribution in [0.1, 0.15) is 20.8 Å². The molecule has 1 rings (SSSR count). The van der Waals surface area contributed by atoms with Crippen LogP contribution in [0.2, 0.25) is 0 Å². The van der Waals surface area contributed by atoms with E-state index in [0.29, 0.717) is 12.0 Å². The molecule has 0 aliphatic carbocycles. The third-order valence-corrected chi connectivity index (χ3v) is 2.53. The molecule has 0 N–H and O–H groups in total. The first-order valence-corrected chi connectivity index (χ1v) is 4.32. The molecule has 73 valence electrons. The third-order valence-electron chi connectivity index (χ3n) is 2.53. The molecule has 2 unspecified atom stereocenters. The summed E-state index contributed by atoms with van der Waals surface area (Å²) in [5.41, 5.74) is 0. The second-order valence-corrected chi connectivity index (χ2v) is 3.36. The van der Waals surface area contributed by atoms with Gasteiger partial charge in [-0.15, -0.1) is 5.92 Å². The quantitative estimate of drug-likeness (QED) is 0.475. The van der Waals surface area contributed by atoms with Crippen LogP contribution in [0.4, 0.5) is 0 Å². The van der Waals surface area contributed by atoms with Crippen LogP contribution in [0, 0.1) is 19.1 Å². The Morgan fingerprint density at radius 3 is 2.23 bits per heavy atom. The predicted octanol–water partition coefficient (Wildman–Crippen LogP) is -1.44. The van der Waals surface area contributed by atoms with Crippen molar-refractivity contribution in [1.82, 2.24) is 9.80 Å². The summed E-state index contributed by atoms with van der Waals surface area (Å²) in [6.45, 7) is 12.2. The van der Waals surface area contributed by atoms with Gasteiger partial charge >= 0.3 is 58.2 Å². The standard InChI is InChI=1S/C9H18N2.Rb.Re/c1-5-11-6-8(2)9(3)10(4)7-11;;/h6-9H,5H2,1-4H3;;/q-2;+1;. The molecule has 1 heterocycles. The monoisotopic (exact) mass is 426 g/mol. The number of nitrogens with zero attached hydrogens (tertiary/aromatic N) is 2. The van der Waals surface area contributed by atoms with Gasteiger partial charge in [-0.2, -0.15) is 0 Å². The van der Waals surface area contributed by atoms with Gasteiger partial charge in [0.05, 0.1) is 0 Å². The molecule has 2 nitrogen and oxygen atoms in total. The Morgan fingerprint density at radius 1 is 1.31 bits per heavy atom. The molecule has 1 fully saturated rings. The largest absolute Gasteiger partial charge is 1.00 e. The Kier molecular flexibility index (Phi) is 11.7. The molecular weight excluding hydrogens is 408 g/mol. The van der Waals surface area contributed by atoms with Crippen LogP contribution in [0.25, 0.3) is 0 Å². The van der Waals surface area contributed by atoms with Crippen LogP contribution in [-0.4, -0.2) is 29.4 Å². The van der Waals surface area contributed by atoms with E-state index < -0.39 is 0 Å². The molecule has 1 aliphatic heterocycles. The molecule has 2 atom stereocenters. The molecule has 0 amide bonds. The zero-order chi connectivity index (χ0) is 8.43. The Labute approximate surface area is 145 Å². The van der Waals surface area contributed by atoms with E-state index >= 15 is 0 Å². The molecule has 13 heavy (non-hydrogen) atoms. The van der Waals surface area contributed by atoms with Crippen molar-refractivity contribution in [3.63, 3.8) is 0 Å². The van der Waals surface area contributed by atoms with Gasteiger partial charge in [-0.25, -0.2) is 6.67 Å². The van der Waals surface area contributed by atoms with Crippen molar-refractivity contribution in [2.24, 2.45) is 5.92 Å². The fraction of sp³-hybridized carbons (Fsp3) is 0.778. The van der Waals surface area contributed by atoms with E-state index in [1.807, 2.05) is 0 Å². The normalized spacial score (nSPS) is 30.5. The molecule has 1 aliphatic rings. The second kappa shape index (κ2) is 8.53. The first-order chi connectivity index (χ1) is 5.15. The first-order valence-electron chi connectivity index (χ1n) is 4.32. The van der Waals surface area contributed by atoms with E-state index in [1.165, 1.54) is 0 Å². The Hall–Kier alpha value is 2.39. The van der Waals surface area contributed by atoms with Gasteiger partial charge in [-0.05, 0) is 13.1 Å². The molecule has 0 bridgehead atoms. The van der Waals surface area contributed by atoms with E-state index in [9.17, 15) is 0 Å². The number of hydrogen-bond donors (Lipinski definition) is 0. The van der Waals surface area contributed by atoms with E-state index in [-0.39, 0.29) is 78.6 Å². The zero-order valence-electron chi connectivity index (χ0n) is 9.29. The van der Waals surface area contributed by atoms with Gasteiger partial charge in [0.1, 0.15) is 0 Å². The summed E-state index contributed by atoms with van der Waals surface area (Å²) in [6, 6.07) is 0.637. The van der Waals surface area contributed by atoms with Crippen LogP contribution in [0.5, 0.6) is 0 Å². The van der Waals surface area contributed by atoms with Crippen molar-refractivity contribution in [1.29, 1.82) is 0 Å². The van der Waals surface area contributed by atoms with Gasteiger partial charge in [0.25, 0.3) is 0 Å². The van der Waals surface area contributed by atoms with Crippen LogP contribution in [-0.2, 0) is 20.4 Å². The van der Waals surface area contributed by atoms with E-state index in [2.05, 4.69) is 50.8 Å². The number of hydrogen-bond acceptors (Lipinski definition) is 2. The van der Waals surface area contributed by atoms with Gasteiger partial charge in [-0.1, -0.05) is 27.3 Å². The predicted molar refractivity (Wildman–Crippen MR) is 47.4 cm³/mol. The summed E-state index contributed by atoms with van der Waals surface area (Å²) in [5.74, 6) is 0.657. The van der Waals surface area contributed by atoms with E-state index in [1.54, 1.807) is 0 Å². The summed E-state index contributed by atoms with van der Waals surface area (Å²) in [6.07, 6.45) is 0. The zero-order valence-corrected chi connectivity index (χ0v) is 16.9. The minimum atomic E-state index is 0. The van der Waals surface area contributed by atoms with Crippen molar-refractivity contribution >= 4 is 0 Å². The van der Waals surface area contributed by atoms with Gasteiger partial charge in [0, 0.05) is 20.4 Å². The Morgan fingerprint density at radius 2 is 1.85 bits per heavy atom. The molecule has 0 saturated carbocycles. The second-order valence-electron chi connectivity index (χ2n) is 3.36. The van der Waals surface area contributed by atoms with Gasteiger partial charge < -0.3 is 9.80 Å². The van der Waals surface area contributed by atoms with E-state index in [0.717, 1.165) is 6.54 Å². The van der Waals surface area contributed by atoms with Crippen LogP contribution in [0.3, 0.4) is 0 Å². The minimum Gasteiger partial charge on any atom is -0.593 e. The van der Waals surface area contributed by atoms with Crippen molar-refractivity contribution in [3.05, 3.63) is 13.2 Å².